The second-order valence-corrected chi connectivity index (χ2v) is 7.38. The minimum absolute atomic E-state index is 0.0310. The Balaban J connectivity index is 1.75. The molecule has 136 valence electrons. The van der Waals surface area contributed by atoms with Crippen molar-refractivity contribution in [1.29, 1.82) is 0 Å². The van der Waals surface area contributed by atoms with Gasteiger partial charge < -0.3 is 15.5 Å². The maximum atomic E-state index is 13.1. The third-order valence-corrected chi connectivity index (χ3v) is 6.00. The average Bonchev–Trinajstić information content (AvgIpc) is 2.63. The average molecular weight is 367 g/mol. The lowest BCUT2D eigenvalue weighted by atomic mass is 9.67. The Bertz CT molecular complexity index is 800. The van der Waals surface area contributed by atoms with Gasteiger partial charge in [0.1, 0.15) is 12.4 Å². The number of rotatable bonds is 5. The number of ether oxygens (including phenoxy) is 1. The molecule has 0 radical (unpaired) electrons. The fraction of sp³-hybridized carbons (Fsp3) is 0.526. The Morgan fingerprint density at radius 3 is 2.80 bits per heavy atom. The third kappa shape index (κ3) is 3.53. The molecule has 0 aliphatic heterocycles. The summed E-state index contributed by atoms with van der Waals surface area (Å²) in [6, 6.07) is 4.86. The van der Waals surface area contributed by atoms with Crippen molar-refractivity contribution in [3.63, 3.8) is 0 Å². The Kier molecular flexibility index (Phi) is 5.35. The minimum Gasteiger partial charge on any atom is -0.489 e. The smallest absolute Gasteiger partial charge is 0.255 e. The standard InChI is InChI=1S/C19H24ClFN2O2/c1-2-19(17(22)11-21)6-3-13(4-7-19)25-16-9-12-5-8-23-18(24)14(12)10-15(16)20/h5,8-10,13,17H,2-4,6-7,11,22H2,1H3,(H,23,24). The van der Waals surface area contributed by atoms with Crippen LogP contribution in [0.3, 0.4) is 0 Å². The van der Waals surface area contributed by atoms with Crippen molar-refractivity contribution in [2.45, 2.75) is 51.2 Å². The van der Waals surface area contributed by atoms with Gasteiger partial charge in [-0.2, -0.15) is 0 Å². The van der Waals surface area contributed by atoms with Gasteiger partial charge in [0.05, 0.1) is 11.1 Å². The third-order valence-electron chi connectivity index (χ3n) is 5.70. The van der Waals surface area contributed by atoms with Crippen LogP contribution in [0.1, 0.15) is 39.0 Å². The maximum Gasteiger partial charge on any atom is 0.255 e. The first kappa shape index (κ1) is 18.2. The van der Waals surface area contributed by atoms with Gasteiger partial charge in [-0.1, -0.05) is 18.5 Å². The van der Waals surface area contributed by atoms with Gasteiger partial charge in [0.25, 0.3) is 5.56 Å². The van der Waals surface area contributed by atoms with Crippen LogP contribution in [0.15, 0.2) is 29.2 Å². The molecule has 0 saturated heterocycles. The van der Waals surface area contributed by atoms with Gasteiger partial charge in [0, 0.05) is 17.6 Å². The van der Waals surface area contributed by atoms with Crippen molar-refractivity contribution in [3.05, 3.63) is 39.8 Å². The molecular formula is C19H24ClFN2O2. The zero-order valence-electron chi connectivity index (χ0n) is 14.4. The van der Waals surface area contributed by atoms with Gasteiger partial charge in [-0.3, -0.25) is 4.79 Å². The number of hydrogen-bond donors (Lipinski definition) is 2. The first-order chi connectivity index (χ1) is 12.0. The molecule has 4 nitrogen and oxygen atoms in total. The quantitative estimate of drug-likeness (QED) is 0.833. The molecule has 1 aromatic carbocycles. The zero-order chi connectivity index (χ0) is 18.0. The number of benzene rings is 1. The molecular weight excluding hydrogens is 343 g/mol. The fourth-order valence-corrected chi connectivity index (χ4v) is 4.10. The number of pyridine rings is 1. The van der Waals surface area contributed by atoms with Crippen LogP contribution < -0.4 is 16.0 Å². The minimum atomic E-state index is -0.482. The van der Waals surface area contributed by atoms with Crippen molar-refractivity contribution in [1.82, 2.24) is 4.98 Å². The van der Waals surface area contributed by atoms with Crippen LogP contribution >= 0.6 is 11.6 Å². The summed E-state index contributed by atoms with van der Waals surface area (Å²) in [4.78, 5) is 14.5. The van der Waals surface area contributed by atoms with Crippen molar-refractivity contribution in [3.8, 4) is 5.75 Å². The monoisotopic (exact) mass is 366 g/mol. The van der Waals surface area contributed by atoms with Crippen LogP contribution in [-0.2, 0) is 0 Å². The number of H-pyrrole nitrogens is 1. The second-order valence-electron chi connectivity index (χ2n) is 6.97. The number of aromatic nitrogens is 1. The normalized spacial score (nSPS) is 25.0. The Morgan fingerprint density at radius 2 is 2.16 bits per heavy atom. The highest BCUT2D eigenvalue weighted by Gasteiger charge is 2.39. The molecule has 1 aliphatic carbocycles. The molecule has 3 N–H and O–H groups in total. The maximum absolute atomic E-state index is 13.1. The summed E-state index contributed by atoms with van der Waals surface area (Å²) in [6.45, 7) is 1.60. The number of alkyl halides is 1. The van der Waals surface area contributed by atoms with Gasteiger partial charge in [-0.05, 0) is 61.1 Å². The number of hydrogen-bond acceptors (Lipinski definition) is 3. The lowest BCUT2D eigenvalue weighted by Gasteiger charge is -2.42. The molecule has 1 saturated carbocycles. The Labute approximate surface area is 151 Å². The van der Waals surface area contributed by atoms with Gasteiger partial charge >= 0.3 is 0 Å². The number of fused-ring (bicyclic) bond motifs is 1. The largest absolute Gasteiger partial charge is 0.489 e. The van der Waals surface area contributed by atoms with Gasteiger partial charge in [-0.15, -0.1) is 0 Å². The zero-order valence-corrected chi connectivity index (χ0v) is 15.1. The van der Waals surface area contributed by atoms with Crippen LogP contribution in [0.5, 0.6) is 5.75 Å². The summed E-state index contributed by atoms with van der Waals surface area (Å²) in [5.41, 5.74) is 5.72. The van der Waals surface area contributed by atoms with E-state index in [-0.39, 0.29) is 17.1 Å². The molecule has 25 heavy (non-hydrogen) atoms. The molecule has 1 aromatic heterocycles. The van der Waals surface area contributed by atoms with Gasteiger partial charge in [-0.25, -0.2) is 4.39 Å². The molecule has 1 aliphatic rings. The summed E-state index contributed by atoms with van der Waals surface area (Å²) in [5, 5.41) is 1.76. The summed E-state index contributed by atoms with van der Waals surface area (Å²) in [5.74, 6) is 0.587. The van der Waals surface area contributed by atoms with E-state index in [0.717, 1.165) is 37.5 Å². The van der Waals surface area contributed by atoms with E-state index >= 15 is 0 Å². The Morgan fingerprint density at radius 1 is 1.44 bits per heavy atom. The van der Waals surface area contributed by atoms with Crippen molar-refractivity contribution < 1.29 is 9.13 Å². The number of nitrogens with one attached hydrogen (secondary N) is 1. The van der Waals surface area contributed by atoms with Crippen molar-refractivity contribution in [2.24, 2.45) is 11.1 Å². The summed E-state index contributed by atoms with van der Waals surface area (Å²) < 4.78 is 19.2. The van der Waals surface area contributed by atoms with E-state index in [0.29, 0.717) is 16.2 Å². The van der Waals surface area contributed by atoms with Crippen LogP contribution in [0.4, 0.5) is 4.39 Å². The predicted octanol–water partition coefficient (Wildman–Crippen LogP) is 4.20. The number of halogens is 2. The molecule has 1 atom stereocenters. The summed E-state index contributed by atoms with van der Waals surface area (Å²) in [6.07, 6.45) is 5.87. The van der Waals surface area contributed by atoms with E-state index in [4.69, 9.17) is 22.1 Å². The van der Waals surface area contributed by atoms with Crippen LogP contribution in [0.2, 0.25) is 5.02 Å². The van der Waals surface area contributed by atoms with Gasteiger partial charge in [0.15, 0.2) is 0 Å². The van der Waals surface area contributed by atoms with E-state index < -0.39 is 12.7 Å². The molecule has 1 fully saturated rings. The highest BCUT2D eigenvalue weighted by molar-refractivity contribution is 6.32. The molecule has 0 spiro atoms. The topological polar surface area (TPSA) is 68.1 Å². The first-order valence-electron chi connectivity index (χ1n) is 8.78. The fourth-order valence-electron chi connectivity index (χ4n) is 3.89. The van der Waals surface area contributed by atoms with E-state index in [9.17, 15) is 9.18 Å². The molecule has 6 heteroatoms. The summed E-state index contributed by atoms with van der Waals surface area (Å²) >= 11 is 6.30. The molecule has 3 rings (SSSR count). The molecule has 0 bridgehead atoms. The predicted molar refractivity (Wildman–Crippen MR) is 99.1 cm³/mol. The van der Waals surface area contributed by atoms with Crippen molar-refractivity contribution >= 4 is 22.4 Å². The van der Waals surface area contributed by atoms with Crippen molar-refractivity contribution in [2.75, 3.05) is 6.67 Å². The molecule has 1 unspecified atom stereocenters. The SMILES string of the molecule is CCC1(C(N)CF)CCC(Oc2cc3cc[nH]c(=O)c3cc2Cl)CC1. The second kappa shape index (κ2) is 7.34. The van der Waals surface area contributed by atoms with E-state index in [2.05, 4.69) is 11.9 Å². The van der Waals surface area contributed by atoms with E-state index in [1.54, 1.807) is 12.3 Å². The van der Waals surface area contributed by atoms with Crippen LogP contribution in [0.25, 0.3) is 10.8 Å². The lowest BCUT2D eigenvalue weighted by molar-refractivity contribution is 0.0513. The van der Waals surface area contributed by atoms with E-state index in [1.807, 2.05) is 12.1 Å². The van der Waals surface area contributed by atoms with Crippen LogP contribution in [-0.4, -0.2) is 23.8 Å². The highest BCUT2D eigenvalue weighted by Crippen LogP contribution is 2.43. The first-order valence-corrected chi connectivity index (χ1v) is 9.16. The highest BCUT2D eigenvalue weighted by atomic mass is 35.5. The van der Waals surface area contributed by atoms with Gasteiger partial charge in [0.2, 0.25) is 0 Å². The molecule has 1 heterocycles. The number of nitrogens with two attached hydrogens (primary N) is 1. The van der Waals surface area contributed by atoms with E-state index in [1.165, 1.54) is 0 Å². The molecule has 2 aromatic rings. The van der Waals surface area contributed by atoms with Crippen LogP contribution in [0, 0.1) is 5.41 Å². The Hall–Kier alpha value is -1.59. The number of aromatic amines is 1. The lowest BCUT2D eigenvalue weighted by Crippen LogP contribution is -2.46. The summed E-state index contributed by atoms with van der Waals surface area (Å²) in [7, 11) is 0. The molecule has 0 amide bonds.